The fraction of sp³-hybridized carbons (Fsp3) is 0.552. The summed E-state index contributed by atoms with van der Waals surface area (Å²) in [4.78, 5) is 13.6. The van der Waals surface area contributed by atoms with Crippen LogP contribution < -0.4 is 20.3 Å². The minimum absolute atomic E-state index is 0. The largest absolute Gasteiger partial charge is 0.390 e. The molecule has 2 atom stereocenters. The lowest BCUT2D eigenvalue weighted by atomic mass is 9.92. The highest BCUT2D eigenvalue weighted by Gasteiger charge is 2.28. The van der Waals surface area contributed by atoms with Crippen LogP contribution in [0.4, 0.5) is 11.4 Å². The Morgan fingerprint density at radius 2 is 1.82 bits per heavy atom. The van der Waals surface area contributed by atoms with E-state index in [-0.39, 0.29) is 23.7 Å². The molecule has 1 fully saturated rings. The summed E-state index contributed by atoms with van der Waals surface area (Å²) in [7, 11) is -2.93. The first kappa shape index (κ1) is 33.2. The summed E-state index contributed by atoms with van der Waals surface area (Å²) in [5.74, 6) is 0.0159. The van der Waals surface area contributed by atoms with Crippen molar-refractivity contribution >= 4 is 40.5 Å². The van der Waals surface area contributed by atoms with E-state index in [1.54, 1.807) is 16.4 Å². The van der Waals surface area contributed by atoms with Crippen molar-refractivity contribution in [2.75, 3.05) is 41.6 Å². The van der Waals surface area contributed by atoms with Crippen LogP contribution in [0.25, 0.3) is 0 Å². The summed E-state index contributed by atoms with van der Waals surface area (Å²) >= 11 is 0. The van der Waals surface area contributed by atoms with Gasteiger partial charge in [0, 0.05) is 30.9 Å². The Bertz CT molecular complexity index is 1040. The normalized spacial score (nSPS) is 17.5. The molecule has 1 aliphatic heterocycles. The molecule has 1 heterocycles. The van der Waals surface area contributed by atoms with E-state index in [9.17, 15) is 19.0 Å². The molecule has 0 radical (unpaired) electrons. The zero-order valence-electron chi connectivity index (χ0n) is 23.7. The Morgan fingerprint density at radius 3 is 2.46 bits per heavy atom. The standard InChI is InChI=1S/C29H46N4O4S.ClH/c1-5-31-24-18-23(19-25(20-24)33-15-9-10-16-38(33,36)37)28(35)32-26(17-22-11-7-6-8-12-22)27(34)21-30-14-13-29(2,3)4;/h6-8,11-12,18-20,26-27,30-31,34,36-37H,5,9-10,13-17,21H2,1-4H3,(H,32,35);1H/t26-,27-;/m0./s1. The third kappa shape index (κ3) is 10.5. The van der Waals surface area contributed by atoms with Gasteiger partial charge in [-0.3, -0.25) is 18.2 Å². The van der Waals surface area contributed by atoms with E-state index in [1.807, 2.05) is 43.3 Å². The second kappa shape index (κ2) is 15.1. The third-order valence-corrected chi connectivity index (χ3v) is 8.65. The molecular weight excluding hydrogens is 536 g/mol. The van der Waals surface area contributed by atoms with Gasteiger partial charge in [-0.25, -0.2) is 0 Å². The van der Waals surface area contributed by atoms with Gasteiger partial charge in [-0.1, -0.05) is 51.1 Å². The van der Waals surface area contributed by atoms with Gasteiger partial charge in [-0.15, -0.1) is 23.2 Å². The van der Waals surface area contributed by atoms with E-state index < -0.39 is 22.9 Å². The van der Waals surface area contributed by atoms with Gasteiger partial charge >= 0.3 is 0 Å². The van der Waals surface area contributed by atoms with Gasteiger partial charge in [0.05, 0.1) is 23.6 Å². The lowest BCUT2D eigenvalue weighted by Gasteiger charge is -2.47. The van der Waals surface area contributed by atoms with Crippen LogP contribution >= 0.6 is 23.2 Å². The number of halogens is 1. The quantitative estimate of drug-likeness (QED) is 0.182. The number of carbonyl (C=O) groups excluding carboxylic acids is 1. The average molecular weight is 583 g/mol. The Labute approximate surface area is 241 Å². The first-order valence-corrected chi connectivity index (χ1v) is 15.3. The molecule has 8 nitrogen and oxygen atoms in total. The molecule has 220 valence electrons. The van der Waals surface area contributed by atoms with Gasteiger partial charge in [0.25, 0.3) is 5.91 Å². The van der Waals surface area contributed by atoms with E-state index in [1.165, 1.54) is 0 Å². The maximum absolute atomic E-state index is 13.6. The summed E-state index contributed by atoms with van der Waals surface area (Å²) in [6, 6.07) is 14.7. The number of carbonyl (C=O) groups is 1. The fourth-order valence-electron chi connectivity index (χ4n) is 4.56. The van der Waals surface area contributed by atoms with E-state index in [0.29, 0.717) is 43.1 Å². The van der Waals surface area contributed by atoms with Crippen LogP contribution in [0.15, 0.2) is 48.5 Å². The third-order valence-electron chi connectivity index (χ3n) is 6.72. The Kier molecular flexibility index (Phi) is 12.9. The van der Waals surface area contributed by atoms with Gasteiger partial charge in [0.15, 0.2) is 0 Å². The lowest BCUT2D eigenvalue weighted by molar-refractivity contribution is 0.0829. The van der Waals surface area contributed by atoms with E-state index in [0.717, 1.165) is 37.1 Å². The zero-order chi connectivity index (χ0) is 27.8. The molecule has 1 aliphatic rings. The number of hydrogen-bond donors (Lipinski definition) is 6. The minimum atomic E-state index is -2.93. The number of aliphatic hydroxyl groups excluding tert-OH is 1. The lowest BCUT2D eigenvalue weighted by Crippen LogP contribution is -2.49. The summed E-state index contributed by atoms with van der Waals surface area (Å²) in [6.07, 6.45) is 2.30. The molecule has 2 aromatic rings. The SMILES string of the molecule is CCNc1cc(C(=O)N[C@@H](Cc2ccccc2)[C@@H](O)CNCCC(C)(C)C)cc(N2CCCCS2(O)O)c1.Cl. The predicted molar refractivity (Wildman–Crippen MR) is 166 cm³/mol. The molecule has 0 bridgehead atoms. The summed E-state index contributed by atoms with van der Waals surface area (Å²) < 4.78 is 23.0. The molecule has 0 aliphatic carbocycles. The van der Waals surface area contributed by atoms with Crippen LogP contribution in [-0.2, 0) is 6.42 Å². The number of nitrogens with zero attached hydrogens (tertiary/aromatic N) is 1. The molecule has 10 heteroatoms. The molecule has 0 spiro atoms. The first-order valence-electron chi connectivity index (χ1n) is 13.6. The van der Waals surface area contributed by atoms with Crippen LogP contribution in [-0.4, -0.2) is 64.2 Å². The second-order valence-electron chi connectivity index (χ2n) is 11.3. The van der Waals surface area contributed by atoms with Gasteiger partial charge in [0.1, 0.15) is 0 Å². The first-order chi connectivity index (χ1) is 18.0. The highest BCUT2D eigenvalue weighted by atomic mass is 35.5. The molecule has 1 saturated heterocycles. The predicted octanol–water partition coefficient (Wildman–Crippen LogP) is 5.53. The number of amides is 1. The molecule has 0 unspecified atom stereocenters. The van der Waals surface area contributed by atoms with Crippen LogP contribution in [0.3, 0.4) is 0 Å². The van der Waals surface area contributed by atoms with Crippen molar-refractivity contribution in [2.24, 2.45) is 5.41 Å². The number of hydrogen-bond acceptors (Lipinski definition) is 7. The van der Waals surface area contributed by atoms with Crippen molar-refractivity contribution in [3.8, 4) is 0 Å². The van der Waals surface area contributed by atoms with Crippen molar-refractivity contribution in [1.82, 2.24) is 10.6 Å². The van der Waals surface area contributed by atoms with Crippen LogP contribution in [0.5, 0.6) is 0 Å². The molecule has 1 amide bonds. The number of anilines is 2. The maximum Gasteiger partial charge on any atom is 0.251 e. The van der Waals surface area contributed by atoms with Crippen molar-refractivity contribution < 1.29 is 19.0 Å². The monoisotopic (exact) mass is 582 g/mol. The molecule has 0 saturated carbocycles. The van der Waals surface area contributed by atoms with Crippen molar-refractivity contribution in [3.05, 3.63) is 59.7 Å². The molecule has 0 aromatic heterocycles. The van der Waals surface area contributed by atoms with E-state index >= 15 is 0 Å². The van der Waals surface area contributed by atoms with E-state index in [2.05, 4.69) is 36.7 Å². The zero-order valence-corrected chi connectivity index (χ0v) is 25.3. The highest BCUT2D eigenvalue weighted by molar-refractivity contribution is 8.25. The van der Waals surface area contributed by atoms with Gasteiger partial charge in [-0.05, 0) is 68.3 Å². The van der Waals surface area contributed by atoms with Gasteiger partial charge in [0.2, 0.25) is 0 Å². The average Bonchev–Trinajstić information content (AvgIpc) is 2.86. The molecule has 39 heavy (non-hydrogen) atoms. The Morgan fingerprint density at radius 1 is 1.10 bits per heavy atom. The smallest absolute Gasteiger partial charge is 0.251 e. The number of benzene rings is 2. The second-order valence-corrected chi connectivity index (χ2v) is 13.4. The number of rotatable bonds is 12. The maximum atomic E-state index is 13.6. The summed E-state index contributed by atoms with van der Waals surface area (Å²) in [5.41, 5.74) is 2.97. The Balaban J connectivity index is 0.00000533. The van der Waals surface area contributed by atoms with Gasteiger partial charge in [-0.2, -0.15) is 0 Å². The molecular formula is C29H47ClN4O4S. The molecule has 6 N–H and O–H groups in total. The van der Waals surface area contributed by atoms with Crippen molar-refractivity contribution in [1.29, 1.82) is 0 Å². The Hall–Kier alpha value is -2.01. The van der Waals surface area contributed by atoms with Crippen LogP contribution in [0, 0.1) is 5.41 Å². The topological polar surface area (TPSA) is 117 Å². The minimum Gasteiger partial charge on any atom is -0.390 e. The molecule has 2 aromatic carbocycles. The summed E-state index contributed by atoms with van der Waals surface area (Å²) in [5, 5.41) is 20.8. The number of nitrogens with one attached hydrogen (secondary N) is 3. The van der Waals surface area contributed by atoms with Crippen LogP contribution in [0.1, 0.15) is 62.9 Å². The van der Waals surface area contributed by atoms with Crippen LogP contribution in [0.2, 0.25) is 0 Å². The fourth-order valence-corrected chi connectivity index (χ4v) is 6.23. The number of aliphatic hydroxyl groups is 1. The van der Waals surface area contributed by atoms with E-state index in [4.69, 9.17) is 0 Å². The summed E-state index contributed by atoms with van der Waals surface area (Å²) in [6.45, 7) is 10.9. The highest BCUT2D eigenvalue weighted by Crippen LogP contribution is 2.50. The molecule has 3 rings (SSSR count). The van der Waals surface area contributed by atoms with Gasteiger partial charge < -0.3 is 21.1 Å². The van der Waals surface area contributed by atoms with Crippen molar-refractivity contribution in [2.45, 2.75) is 65.5 Å². The van der Waals surface area contributed by atoms with Crippen molar-refractivity contribution in [3.63, 3.8) is 0 Å².